The van der Waals surface area contributed by atoms with E-state index in [1.54, 1.807) is 17.6 Å². The number of hydrogen-bond acceptors (Lipinski definition) is 7. The van der Waals surface area contributed by atoms with Crippen molar-refractivity contribution in [2.75, 3.05) is 11.1 Å². The fourth-order valence-corrected chi connectivity index (χ4v) is 6.74. The lowest BCUT2D eigenvalue weighted by atomic mass is 9.69. The molecule has 1 aliphatic rings. The highest BCUT2D eigenvalue weighted by molar-refractivity contribution is 7.99. The summed E-state index contributed by atoms with van der Waals surface area (Å²) in [4.78, 5) is 14.1. The van der Waals surface area contributed by atoms with Gasteiger partial charge in [-0.05, 0) is 55.6 Å². The summed E-state index contributed by atoms with van der Waals surface area (Å²) >= 11 is 2.94. The number of thioether (sulfide) groups is 1. The number of nitrogens with zero attached hydrogens (tertiary/aromatic N) is 4. The van der Waals surface area contributed by atoms with E-state index in [4.69, 9.17) is 4.42 Å². The van der Waals surface area contributed by atoms with E-state index in [0.29, 0.717) is 21.6 Å². The van der Waals surface area contributed by atoms with E-state index < -0.39 is 0 Å². The van der Waals surface area contributed by atoms with Gasteiger partial charge in [0.2, 0.25) is 5.91 Å². The Morgan fingerprint density at radius 3 is 2.86 bits per heavy atom. The van der Waals surface area contributed by atoms with Gasteiger partial charge in [-0.25, -0.2) is 0 Å². The molecule has 0 saturated carbocycles. The van der Waals surface area contributed by atoms with Gasteiger partial charge < -0.3 is 14.3 Å². The Bertz CT molecular complexity index is 1250. The molecule has 3 aromatic heterocycles. The molecule has 3 heterocycles. The number of carbonyl (C=O) groups is 1. The molecule has 3 aromatic rings. The molecule has 7 nitrogen and oxygen atoms in total. The zero-order valence-corrected chi connectivity index (χ0v) is 22.7. The van der Waals surface area contributed by atoms with Gasteiger partial charge in [-0.15, -0.1) is 21.5 Å². The molecule has 0 fully saturated rings. The minimum Gasteiger partial charge on any atom is -0.469 e. The predicted molar refractivity (Wildman–Crippen MR) is 141 cm³/mol. The summed E-state index contributed by atoms with van der Waals surface area (Å²) in [6, 6.07) is 4.24. The van der Waals surface area contributed by atoms with E-state index in [1.807, 2.05) is 17.6 Å². The van der Waals surface area contributed by atoms with Crippen LogP contribution < -0.4 is 5.32 Å². The van der Waals surface area contributed by atoms with E-state index in [1.165, 1.54) is 16.6 Å². The molecule has 35 heavy (non-hydrogen) atoms. The van der Waals surface area contributed by atoms with Gasteiger partial charge in [0.05, 0.1) is 23.1 Å². The molecule has 1 N–H and O–H groups in total. The van der Waals surface area contributed by atoms with Gasteiger partial charge in [-0.2, -0.15) is 5.26 Å². The lowest BCUT2D eigenvalue weighted by Gasteiger charge is -2.36. The van der Waals surface area contributed by atoms with Crippen LogP contribution in [0.5, 0.6) is 0 Å². The van der Waals surface area contributed by atoms with Crippen molar-refractivity contribution in [3.8, 4) is 17.5 Å². The molecule has 0 spiro atoms. The molecule has 1 unspecified atom stereocenters. The normalized spacial score (nSPS) is 15.6. The summed E-state index contributed by atoms with van der Waals surface area (Å²) in [7, 11) is 0. The third-order valence-electron chi connectivity index (χ3n) is 7.24. The first-order valence-corrected chi connectivity index (χ1v) is 14.0. The number of aryl methyl sites for hydroxylation is 1. The van der Waals surface area contributed by atoms with Gasteiger partial charge >= 0.3 is 0 Å². The molecule has 0 bridgehead atoms. The van der Waals surface area contributed by atoms with Crippen LogP contribution in [0.4, 0.5) is 5.00 Å². The van der Waals surface area contributed by atoms with Crippen molar-refractivity contribution >= 4 is 34.0 Å². The third-order valence-corrected chi connectivity index (χ3v) is 9.38. The van der Waals surface area contributed by atoms with Gasteiger partial charge in [0, 0.05) is 11.4 Å². The number of fused-ring (bicyclic) bond motifs is 1. The Balaban J connectivity index is 1.46. The van der Waals surface area contributed by atoms with Crippen molar-refractivity contribution in [2.24, 2.45) is 11.3 Å². The van der Waals surface area contributed by atoms with Gasteiger partial charge in [0.1, 0.15) is 16.8 Å². The Morgan fingerprint density at radius 2 is 2.20 bits per heavy atom. The zero-order chi connectivity index (χ0) is 25.2. The summed E-state index contributed by atoms with van der Waals surface area (Å²) in [5, 5.41) is 22.9. The Hall–Kier alpha value is -2.57. The maximum atomic E-state index is 12.9. The highest BCUT2D eigenvalue weighted by atomic mass is 32.2. The van der Waals surface area contributed by atoms with Crippen LogP contribution >= 0.6 is 23.1 Å². The molecule has 1 aliphatic carbocycles. The summed E-state index contributed by atoms with van der Waals surface area (Å²) in [6.45, 7) is 11.7. The van der Waals surface area contributed by atoms with Crippen molar-refractivity contribution in [1.82, 2.24) is 14.8 Å². The number of carbonyl (C=O) groups excluding carboxylic acids is 1. The maximum absolute atomic E-state index is 12.9. The first-order chi connectivity index (χ1) is 16.8. The monoisotopic (exact) mass is 511 g/mol. The Morgan fingerprint density at radius 1 is 1.40 bits per heavy atom. The highest BCUT2D eigenvalue weighted by Crippen LogP contribution is 2.45. The van der Waals surface area contributed by atoms with Crippen molar-refractivity contribution in [2.45, 2.75) is 78.4 Å². The van der Waals surface area contributed by atoms with Crippen LogP contribution in [0.2, 0.25) is 0 Å². The van der Waals surface area contributed by atoms with E-state index in [9.17, 15) is 10.1 Å². The molecule has 0 saturated heterocycles. The second-order valence-electron chi connectivity index (χ2n) is 9.79. The number of nitriles is 1. The van der Waals surface area contributed by atoms with Crippen molar-refractivity contribution in [1.29, 1.82) is 5.26 Å². The maximum Gasteiger partial charge on any atom is 0.235 e. The summed E-state index contributed by atoms with van der Waals surface area (Å²) in [6.07, 6.45) is 6.68. The lowest BCUT2D eigenvalue weighted by molar-refractivity contribution is -0.113. The van der Waals surface area contributed by atoms with Gasteiger partial charge in [-0.1, -0.05) is 45.9 Å². The Kier molecular flexibility index (Phi) is 7.72. The number of amides is 1. The first-order valence-electron chi connectivity index (χ1n) is 12.2. The zero-order valence-electron chi connectivity index (χ0n) is 21.1. The van der Waals surface area contributed by atoms with Gasteiger partial charge in [-0.3, -0.25) is 4.79 Å². The topological polar surface area (TPSA) is 96.7 Å². The SMILES string of the molecule is CCCn1c(SCC(=O)Nc2sc3c(c2C#N)CCC(C(C)(C)CC)C3)nnc1-c1ccoc1C. The average molecular weight is 512 g/mol. The smallest absolute Gasteiger partial charge is 0.235 e. The number of thiophene rings is 1. The molecule has 1 amide bonds. The number of hydrogen-bond donors (Lipinski definition) is 1. The van der Waals surface area contributed by atoms with Crippen molar-refractivity contribution < 1.29 is 9.21 Å². The van der Waals surface area contributed by atoms with Gasteiger partial charge in [0.25, 0.3) is 0 Å². The predicted octanol–water partition coefficient (Wildman–Crippen LogP) is 6.46. The fraction of sp³-hybridized carbons (Fsp3) is 0.538. The van der Waals surface area contributed by atoms with E-state index in [0.717, 1.165) is 61.4 Å². The molecular formula is C26H33N5O2S2. The lowest BCUT2D eigenvalue weighted by Crippen LogP contribution is -2.28. The quantitative estimate of drug-likeness (QED) is 0.331. The number of furan rings is 1. The van der Waals surface area contributed by atoms with Crippen LogP contribution in [-0.4, -0.2) is 26.4 Å². The van der Waals surface area contributed by atoms with Crippen molar-refractivity contribution in [3.05, 3.63) is 34.1 Å². The fourth-order valence-electron chi connectivity index (χ4n) is 4.68. The van der Waals surface area contributed by atoms with Crippen LogP contribution in [0.25, 0.3) is 11.4 Å². The van der Waals surface area contributed by atoms with Crippen molar-refractivity contribution in [3.63, 3.8) is 0 Å². The van der Waals surface area contributed by atoms with E-state index in [2.05, 4.69) is 49.3 Å². The number of nitrogens with one attached hydrogen (secondary N) is 1. The standard InChI is InChI=1S/C26H33N5O2S2/c1-6-11-31-23(18-10-12-33-16(18)3)29-30-25(31)34-15-22(32)28-24-20(14-27)19-9-8-17(13-21(19)35-24)26(4,5)7-2/h10,12,17H,6-9,11,13,15H2,1-5H3,(H,28,32). The van der Waals surface area contributed by atoms with Crippen LogP contribution in [0.3, 0.4) is 0 Å². The third kappa shape index (κ3) is 5.19. The second-order valence-corrected chi connectivity index (χ2v) is 11.8. The molecular weight excluding hydrogens is 478 g/mol. The van der Waals surface area contributed by atoms with E-state index >= 15 is 0 Å². The summed E-state index contributed by atoms with van der Waals surface area (Å²) in [5.74, 6) is 2.21. The Labute approximate surface area is 215 Å². The van der Waals surface area contributed by atoms with Crippen LogP contribution in [-0.2, 0) is 24.2 Å². The largest absolute Gasteiger partial charge is 0.469 e. The average Bonchev–Trinajstić information content (AvgIpc) is 3.53. The minimum absolute atomic E-state index is 0.136. The molecule has 0 aliphatic heterocycles. The molecule has 4 rings (SSSR count). The summed E-state index contributed by atoms with van der Waals surface area (Å²) < 4.78 is 7.47. The van der Waals surface area contributed by atoms with Gasteiger partial charge in [0.15, 0.2) is 11.0 Å². The van der Waals surface area contributed by atoms with Crippen LogP contribution in [0.1, 0.15) is 68.7 Å². The van der Waals surface area contributed by atoms with Crippen LogP contribution in [0, 0.1) is 29.6 Å². The van der Waals surface area contributed by atoms with E-state index in [-0.39, 0.29) is 17.1 Å². The first kappa shape index (κ1) is 25.5. The minimum atomic E-state index is -0.136. The molecule has 9 heteroatoms. The number of aromatic nitrogens is 3. The number of anilines is 1. The second kappa shape index (κ2) is 10.6. The molecule has 0 radical (unpaired) electrons. The molecule has 1 atom stereocenters. The molecule has 186 valence electrons. The highest BCUT2D eigenvalue weighted by Gasteiger charge is 2.34. The summed E-state index contributed by atoms with van der Waals surface area (Å²) in [5.41, 5.74) is 2.96. The van der Waals surface area contributed by atoms with Crippen LogP contribution in [0.15, 0.2) is 21.9 Å². The number of rotatable bonds is 9. The molecule has 0 aromatic carbocycles.